The van der Waals surface area contributed by atoms with Crippen molar-refractivity contribution in [3.05, 3.63) is 69.7 Å². The summed E-state index contributed by atoms with van der Waals surface area (Å²) in [5.41, 5.74) is 2.72. The molecule has 4 nitrogen and oxygen atoms in total. The van der Waals surface area contributed by atoms with Crippen molar-refractivity contribution in [2.24, 2.45) is 0 Å². The number of thioether (sulfide) groups is 1. The lowest BCUT2D eigenvalue weighted by molar-refractivity contribution is 0.127. The number of hydrogen-bond donors (Lipinski definition) is 0. The van der Waals surface area contributed by atoms with Crippen molar-refractivity contribution in [1.29, 1.82) is 0 Å². The molecule has 0 amide bonds. The quantitative estimate of drug-likeness (QED) is 0.383. The summed E-state index contributed by atoms with van der Waals surface area (Å²) in [4.78, 5) is 10.4. The highest BCUT2D eigenvalue weighted by Crippen LogP contribution is 2.15. The molecule has 2 saturated heterocycles. The molecule has 0 unspecified atom stereocenters. The Morgan fingerprint density at radius 1 is 0.529 bits per heavy atom. The van der Waals surface area contributed by atoms with Crippen LogP contribution in [0.1, 0.15) is 17.5 Å². The van der Waals surface area contributed by atoms with Crippen LogP contribution in [0.2, 0.25) is 10.0 Å². The van der Waals surface area contributed by atoms with Crippen LogP contribution in [-0.2, 0) is 13.1 Å². The Morgan fingerprint density at radius 2 is 0.941 bits per heavy atom. The minimum absolute atomic E-state index is 0.818. The van der Waals surface area contributed by atoms with Crippen molar-refractivity contribution in [3.63, 3.8) is 0 Å². The fourth-order valence-corrected chi connectivity index (χ4v) is 5.90. The third-order valence-corrected chi connectivity index (χ3v) is 8.44. The van der Waals surface area contributed by atoms with Gasteiger partial charge in [-0.3, -0.25) is 14.7 Å². The molecule has 0 radical (unpaired) electrons. The van der Waals surface area contributed by atoms with Gasteiger partial charge in [-0.05, 0) is 54.1 Å². The van der Waals surface area contributed by atoms with Gasteiger partial charge in [0.25, 0.3) is 0 Å². The largest absolute Gasteiger partial charge is 0.301 e. The molecule has 2 aromatic rings. The second-order valence-electron chi connectivity index (χ2n) is 9.45. The van der Waals surface area contributed by atoms with Crippen LogP contribution in [0.15, 0.2) is 48.5 Å². The van der Waals surface area contributed by atoms with E-state index in [2.05, 4.69) is 55.6 Å². The zero-order valence-corrected chi connectivity index (χ0v) is 22.5. The molecule has 2 aliphatic heterocycles. The lowest BCUT2D eigenvalue weighted by atomic mass is 10.2. The van der Waals surface area contributed by atoms with Gasteiger partial charge in [-0.15, -0.1) is 0 Å². The molecule has 34 heavy (non-hydrogen) atoms. The summed E-state index contributed by atoms with van der Waals surface area (Å²) in [5.74, 6) is 2.54. The molecular weight excluding hydrogens is 483 g/mol. The van der Waals surface area contributed by atoms with E-state index in [1.54, 1.807) is 0 Å². The Hall–Kier alpha value is -0.790. The molecule has 7 heteroatoms. The molecule has 2 fully saturated rings. The fraction of sp³-hybridized carbons (Fsp3) is 0.556. The lowest BCUT2D eigenvalue weighted by Gasteiger charge is -2.35. The SMILES string of the molecule is Clc1ccc(CN2CCN(CCCSCCN3CCN(Cc4ccc(Cl)cc4)CC3)CC2)cc1. The van der Waals surface area contributed by atoms with Gasteiger partial charge in [0.1, 0.15) is 0 Å². The molecule has 2 aliphatic rings. The number of nitrogens with zero attached hydrogens (tertiary/aromatic N) is 4. The van der Waals surface area contributed by atoms with E-state index in [4.69, 9.17) is 23.2 Å². The van der Waals surface area contributed by atoms with Gasteiger partial charge in [0.2, 0.25) is 0 Å². The minimum atomic E-state index is 0.818. The number of hydrogen-bond acceptors (Lipinski definition) is 5. The standard InChI is InChI=1S/C27H38Cl2N4S/c28-26-6-2-24(3-7-26)22-32-15-11-30(12-16-32)10-1-20-34-21-19-31-13-17-33(18-14-31)23-25-4-8-27(29)9-5-25/h2-9H,1,10-23H2. The molecule has 0 bridgehead atoms. The van der Waals surface area contributed by atoms with Crippen LogP contribution >= 0.6 is 35.0 Å². The summed E-state index contributed by atoms with van der Waals surface area (Å²) in [5, 5.41) is 1.64. The van der Waals surface area contributed by atoms with Gasteiger partial charge in [-0.25, -0.2) is 0 Å². The molecule has 4 rings (SSSR count). The Kier molecular flexibility index (Phi) is 10.9. The van der Waals surface area contributed by atoms with Crippen LogP contribution in [0.3, 0.4) is 0 Å². The maximum atomic E-state index is 6.00. The van der Waals surface area contributed by atoms with E-state index >= 15 is 0 Å². The number of halogens is 2. The predicted molar refractivity (Wildman–Crippen MR) is 148 cm³/mol. The summed E-state index contributed by atoms with van der Waals surface area (Å²) in [6.45, 7) is 14.0. The van der Waals surface area contributed by atoms with Crippen molar-refractivity contribution in [2.45, 2.75) is 19.5 Å². The highest BCUT2D eigenvalue weighted by atomic mass is 35.5. The van der Waals surface area contributed by atoms with Gasteiger partial charge < -0.3 is 4.90 Å². The monoisotopic (exact) mass is 520 g/mol. The molecule has 0 aromatic heterocycles. The summed E-state index contributed by atoms with van der Waals surface area (Å²) >= 11 is 14.1. The summed E-state index contributed by atoms with van der Waals surface area (Å²) < 4.78 is 0. The van der Waals surface area contributed by atoms with Crippen LogP contribution in [-0.4, -0.2) is 96.6 Å². The Morgan fingerprint density at radius 3 is 1.41 bits per heavy atom. The first-order valence-corrected chi connectivity index (χ1v) is 14.5. The predicted octanol–water partition coefficient (Wildman–Crippen LogP) is 5.05. The molecule has 0 atom stereocenters. The average Bonchev–Trinajstić information content (AvgIpc) is 2.86. The van der Waals surface area contributed by atoms with Crippen molar-refractivity contribution in [2.75, 3.05) is 77.0 Å². The van der Waals surface area contributed by atoms with Crippen LogP contribution in [0, 0.1) is 0 Å². The van der Waals surface area contributed by atoms with E-state index in [-0.39, 0.29) is 0 Å². The van der Waals surface area contributed by atoms with Crippen molar-refractivity contribution in [1.82, 2.24) is 19.6 Å². The van der Waals surface area contributed by atoms with E-state index in [1.165, 1.54) is 81.4 Å². The van der Waals surface area contributed by atoms with Crippen LogP contribution in [0.5, 0.6) is 0 Å². The van der Waals surface area contributed by atoms with Crippen LogP contribution in [0.25, 0.3) is 0 Å². The minimum Gasteiger partial charge on any atom is -0.301 e. The smallest absolute Gasteiger partial charge is 0.0406 e. The molecule has 2 heterocycles. The summed E-state index contributed by atoms with van der Waals surface area (Å²) in [7, 11) is 0. The Labute approximate surface area is 220 Å². The molecule has 2 aromatic carbocycles. The third-order valence-electron chi connectivity index (χ3n) is 6.88. The molecule has 0 spiro atoms. The van der Waals surface area contributed by atoms with Gasteiger partial charge in [0.05, 0.1) is 0 Å². The van der Waals surface area contributed by atoms with Gasteiger partial charge in [-0.2, -0.15) is 11.8 Å². The van der Waals surface area contributed by atoms with Crippen molar-refractivity contribution in [3.8, 4) is 0 Å². The molecule has 0 N–H and O–H groups in total. The first-order chi connectivity index (χ1) is 16.6. The van der Waals surface area contributed by atoms with Gasteiger partial charge in [0.15, 0.2) is 0 Å². The Balaban J connectivity index is 0.995. The zero-order valence-electron chi connectivity index (χ0n) is 20.2. The summed E-state index contributed by atoms with van der Waals surface area (Å²) in [6.07, 6.45) is 1.30. The highest BCUT2D eigenvalue weighted by Gasteiger charge is 2.18. The first-order valence-electron chi connectivity index (χ1n) is 12.6. The second-order valence-corrected chi connectivity index (χ2v) is 11.6. The normalized spacial score (nSPS) is 19.0. The van der Waals surface area contributed by atoms with E-state index in [0.717, 1.165) is 36.2 Å². The Bertz CT molecular complexity index is 761. The molecule has 0 saturated carbocycles. The second kappa shape index (κ2) is 14.1. The topological polar surface area (TPSA) is 13.0 Å². The van der Waals surface area contributed by atoms with E-state index in [0.29, 0.717) is 0 Å². The highest BCUT2D eigenvalue weighted by molar-refractivity contribution is 7.99. The van der Waals surface area contributed by atoms with Crippen LogP contribution in [0.4, 0.5) is 0 Å². The van der Waals surface area contributed by atoms with Gasteiger partial charge in [-0.1, -0.05) is 47.5 Å². The zero-order chi connectivity index (χ0) is 23.6. The molecular formula is C27H38Cl2N4S. The van der Waals surface area contributed by atoms with Crippen molar-refractivity contribution >= 4 is 35.0 Å². The molecule has 186 valence electrons. The molecule has 0 aliphatic carbocycles. The van der Waals surface area contributed by atoms with E-state index in [1.807, 2.05) is 24.3 Å². The van der Waals surface area contributed by atoms with Crippen molar-refractivity contribution < 1.29 is 0 Å². The van der Waals surface area contributed by atoms with E-state index < -0.39 is 0 Å². The average molecular weight is 522 g/mol. The maximum Gasteiger partial charge on any atom is 0.0406 e. The van der Waals surface area contributed by atoms with Gasteiger partial charge >= 0.3 is 0 Å². The fourth-order valence-electron chi connectivity index (χ4n) is 4.72. The lowest BCUT2D eigenvalue weighted by Crippen LogP contribution is -2.46. The maximum absolute atomic E-state index is 6.00. The number of rotatable bonds is 11. The first kappa shape index (κ1) is 26.3. The van der Waals surface area contributed by atoms with E-state index in [9.17, 15) is 0 Å². The number of benzene rings is 2. The summed E-state index contributed by atoms with van der Waals surface area (Å²) in [6, 6.07) is 16.6. The van der Waals surface area contributed by atoms with Gasteiger partial charge in [0, 0.05) is 87.8 Å². The third kappa shape index (κ3) is 9.02. The van der Waals surface area contributed by atoms with Crippen LogP contribution < -0.4 is 0 Å². The number of piperazine rings is 2.